The molecule has 0 radical (unpaired) electrons. The Morgan fingerprint density at radius 3 is 2.65 bits per heavy atom. The van der Waals surface area contributed by atoms with Gasteiger partial charge in [-0.05, 0) is 44.6 Å². The highest BCUT2D eigenvalue weighted by atomic mass is 16.5. The monoisotopic (exact) mass is 241 g/mol. The zero-order valence-corrected chi connectivity index (χ0v) is 11.2. The Morgan fingerprint density at radius 1 is 1.18 bits per heavy atom. The van der Waals surface area contributed by atoms with Crippen LogP contribution in [0.25, 0.3) is 0 Å². The van der Waals surface area contributed by atoms with E-state index < -0.39 is 0 Å². The second-order valence-corrected chi connectivity index (χ2v) is 5.70. The summed E-state index contributed by atoms with van der Waals surface area (Å²) in [7, 11) is 0. The van der Waals surface area contributed by atoms with Crippen LogP contribution in [0.1, 0.15) is 39.0 Å². The molecule has 2 heterocycles. The minimum atomic E-state index is 0.399. The molecule has 0 aliphatic carbocycles. The van der Waals surface area contributed by atoms with Crippen molar-refractivity contribution >= 4 is 0 Å². The normalized spacial score (nSPS) is 31.6. The van der Waals surface area contributed by atoms with E-state index in [9.17, 15) is 0 Å². The maximum atomic E-state index is 5.75. The van der Waals surface area contributed by atoms with Gasteiger partial charge in [-0.1, -0.05) is 6.92 Å². The maximum Gasteiger partial charge on any atom is 0.0534 e. The van der Waals surface area contributed by atoms with Gasteiger partial charge in [-0.25, -0.2) is 0 Å². The van der Waals surface area contributed by atoms with Crippen LogP contribution in [0.5, 0.6) is 0 Å². The van der Waals surface area contributed by atoms with E-state index >= 15 is 0 Å². The SMILES string of the molecule is CCNCC1(CC2CCOCC2)CCCOC1. The highest BCUT2D eigenvalue weighted by Gasteiger charge is 2.35. The van der Waals surface area contributed by atoms with Gasteiger partial charge in [-0.15, -0.1) is 0 Å². The third kappa shape index (κ3) is 3.94. The average Bonchev–Trinajstić information content (AvgIpc) is 2.39. The van der Waals surface area contributed by atoms with Crippen LogP contribution in [0.15, 0.2) is 0 Å². The topological polar surface area (TPSA) is 30.5 Å². The van der Waals surface area contributed by atoms with Crippen LogP contribution in [0, 0.1) is 11.3 Å². The maximum absolute atomic E-state index is 5.75. The summed E-state index contributed by atoms with van der Waals surface area (Å²) in [4.78, 5) is 0. The molecule has 2 fully saturated rings. The molecule has 3 nitrogen and oxygen atoms in total. The largest absolute Gasteiger partial charge is 0.381 e. The second kappa shape index (κ2) is 6.72. The molecule has 0 saturated carbocycles. The minimum Gasteiger partial charge on any atom is -0.381 e. The van der Waals surface area contributed by atoms with E-state index in [1.165, 1.54) is 32.1 Å². The number of rotatable bonds is 5. The predicted octanol–water partition coefficient (Wildman–Crippen LogP) is 2.21. The van der Waals surface area contributed by atoms with Gasteiger partial charge in [-0.2, -0.15) is 0 Å². The number of hydrogen-bond donors (Lipinski definition) is 1. The molecule has 0 spiro atoms. The fourth-order valence-corrected chi connectivity index (χ4v) is 3.24. The van der Waals surface area contributed by atoms with E-state index in [1.54, 1.807) is 0 Å². The standard InChI is InChI=1S/C14H27NO2/c1-2-15-11-14(6-3-7-17-12-14)10-13-4-8-16-9-5-13/h13,15H,2-12H2,1H3. The molecule has 2 aliphatic heterocycles. The lowest BCUT2D eigenvalue weighted by Crippen LogP contribution is -2.43. The van der Waals surface area contributed by atoms with Crippen LogP contribution in [-0.4, -0.2) is 39.5 Å². The van der Waals surface area contributed by atoms with Crippen molar-refractivity contribution in [3.8, 4) is 0 Å². The molecule has 0 amide bonds. The van der Waals surface area contributed by atoms with Crippen LogP contribution < -0.4 is 5.32 Å². The zero-order chi connectivity index (χ0) is 12.0. The summed E-state index contributed by atoms with van der Waals surface area (Å²) in [6.45, 7) is 8.22. The molecule has 1 N–H and O–H groups in total. The van der Waals surface area contributed by atoms with E-state index in [-0.39, 0.29) is 0 Å². The summed E-state index contributed by atoms with van der Waals surface area (Å²) in [5, 5.41) is 3.54. The first-order valence-corrected chi connectivity index (χ1v) is 7.21. The van der Waals surface area contributed by atoms with Crippen molar-refractivity contribution in [3.63, 3.8) is 0 Å². The third-order valence-corrected chi connectivity index (χ3v) is 4.22. The lowest BCUT2D eigenvalue weighted by Gasteiger charge is -2.40. The van der Waals surface area contributed by atoms with Gasteiger partial charge >= 0.3 is 0 Å². The Kier molecular flexibility index (Phi) is 5.26. The number of hydrogen-bond acceptors (Lipinski definition) is 3. The van der Waals surface area contributed by atoms with Crippen molar-refractivity contribution in [2.45, 2.75) is 39.0 Å². The van der Waals surface area contributed by atoms with Gasteiger partial charge in [0.05, 0.1) is 6.61 Å². The number of nitrogens with one attached hydrogen (secondary N) is 1. The van der Waals surface area contributed by atoms with Gasteiger partial charge < -0.3 is 14.8 Å². The molecule has 1 unspecified atom stereocenters. The molecule has 0 bridgehead atoms. The van der Waals surface area contributed by atoms with Crippen molar-refractivity contribution in [2.24, 2.45) is 11.3 Å². The quantitative estimate of drug-likeness (QED) is 0.800. The van der Waals surface area contributed by atoms with Crippen LogP contribution in [-0.2, 0) is 9.47 Å². The second-order valence-electron chi connectivity index (χ2n) is 5.70. The van der Waals surface area contributed by atoms with Gasteiger partial charge in [0.2, 0.25) is 0 Å². The van der Waals surface area contributed by atoms with Gasteiger partial charge in [0.15, 0.2) is 0 Å². The molecule has 1 atom stereocenters. The summed E-state index contributed by atoms with van der Waals surface area (Å²) in [5.41, 5.74) is 0.399. The van der Waals surface area contributed by atoms with Crippen LogP contribution in [0.4, 0.5) is 0 Å². The van der Waals surface area contributed by atoms with E-state index in [0.29, 0.717) is 5.41 Å². The predicted molar refractivity (Wildman–Crippen MR) is 69.2 cm³/mol. The summed E-state index contributed by atoms with van der Waals surface area (Å²) < 4.78 is 11.2. The molecule has 0 aromatic heterocycles. The average molecular weight is 241 g/mol. The Hall–Kier alpha value is -0.120. The Labute approximate surface area is 105 Å². The van der Waals surface area contributed by atoms with Gasteiger partial charge in [0.25, 0.3) is 0 Å². The summed E-state index contributed by atoms with van der Waals surface area (Å²) >= 11 is 0. The van der Waals surface area contributed by atoms with E-state index in [0.717, 1.165) is 45.4 Å². The van der Waals surface area contributed by atoms with Gasteiger partial charge in [-0.3, -0.25) is 0 Å². The van der Waals surface area contributed by atoms with Crippen molar-refractivity contribution in [1.29, 1.82) is 0 Å². The zero-order valence-electron chi connectivity index (χ0n) is 11.2. The van der Waals surface area contributed by atoms with Crippen molar-refractivity contribution in [3.05, 3.63) is 0 Å². The van der Waals surface area contributed by atoms with Gasteiger partial charge in [0.1, 0.15) is 0 Å². The van der Waals surface area contributed by atoms with E-state index in [1.807, 2.05) is 0 Å². The molecule has 0 aromatic rings. The third-order valence-electron chi connectivity index (χ3n) is 4.22. The summed E-state index contributed by atoms with van der Waals surface area (Å²) in [6, 6.07) is 0. The number of ether oxygens (including phenoxy) is 2. The van der Waals surface area contributed by atoms with Gasteiger partial charge in [0, 0.05) is 31.8 Å². The van der Waals surface area contributed by atoms with Crippen molar-refractivity contribution < 1.29 is 9.47 Å². The molecule has 17 heavy (non-hydrogen) atoms. The lowest BCUT2D eigenvalue weighted by molar-refractivity contribution is -0.0330. The Bertz CT molecular complexity index is 208. The molecule has 2 aliphatic rings. The smallest absolute Gasteiger partial charge is 0.0534 e. The molecule has 3 heteroatoms. The van der Waals surface area contributed by atoms with Crippen molar-refractivity contribution in [1.82, 2.24) is 5.32 Å². The van der Waals surface area contributed by atoms with Crippen LogP contribution in [0.2, 0.25) is 0 Å². The molecule has 2 rings (SSSR count). The molecule has 100 valence electrons. The molecule has 0 aromatic carbocycles. The molecular formula is C14H27NO2. The van der Waals surface area contributed by atoms with E-state index in [2.05, 4.69) is 12.2 Å². The first-order valence-electron chi connectivity index (χ1n) is 7.21. The Balaban J connectivity index is 1.88. The lowest BCUT2D eigenvalue weighted by atomic mass is 9.73. The highest BCUT2D eigenvalue weighted by molar-refractivity contribution is 4.87. The fourth-order valence-electron chi connectivity index (χ4n) is 3.24. The first kappa shape index (κ1) is 13.3. The first-order chi connectivity index (χ1) is 8.35. The summed E-state index contributed by atoms with van der Waals surface area (Å²) in [6.07, 6.45) is 6.37. The van der Waals surface area contributed by atoms with Crippen LogP contribution >= 0.6 is 0 Å². The summed E-state index contributed by atoms with van der Waals surface area (Å²) in [5.74, 6) is 0.851. The van der Waals surface area contributed by atoms with E-state index in [4.69, 9.17) is 9.47 Å². The minimum absolute atomic E-state index is 0.399. The highest BCUT2D eigenvalue weighted by Crippen LogP contribution is 2.37. The fraction of sp³-hybridized carbons (Fsp3) is 1.00. The van der Waals surface area contributed by atoms with Crippen LogP contribution in [0.3, 0.4) is 0 Å². The molecule has 2 saturated heterocycles. The van der Waals surface area contributed by atoms with Crippen molar-refractivity contribution in [2.75, 3.05) is 39.5 Å². The molecular weight excluding hydrogens is 214 g/mol. The Morgan fingerprint density at radius 2 is 2.00 bits per heavy atom.